The Morgan fingerprint density at radius 3 is 2.81 bits per heavy atom. The summed E-state index contributed by atoms with van der Waals surface area (Å²) in [7, 11) is 1.62. The lowest BCUT2D eigenvalue weighted by atomic mass is 9.75. The van der Waals surface area contributed by atoms with Crippen LogP contribution >= 0.6 is 0 Å². The number of rotatable bonds is 6. The van der Waals surface area contributed by atoms with E-state index < -0.39 is 5.41 Å². The minimum absolute atomic E-state index is 0.160. The number of fused-ring (bicyclic) bond motifs is 1. The largest absolute Gasteiger partial charge is 0.497 e. The van der Waals surface area contributed by atoms with Gasteiger partial charge in [-0.3, -0.25) is 9.59 Å². The molecule has 0 saturated carbocycles. The predicted molar refractivity (Wildman–Crippen MR) is 121 cm³/mol. The van der Waals surface area contributed by atoms with E-state index in [0.29, 0.717) is 38.2 Å². The summed E-state index contributed by atoms with van der Waals surface area (Å²) in [5, 5.41) is 0. The maximum atomic E-state index is 13.4. The molecule has 0 radical (unpaired) electrons. The maximum absolute atomic E-state index is 13.4. The van der Waals surface area contributed by atoms with Gasteiger partial charge in [0.05, 0.1) is 19.1 Å². The van der Waals surface area contributed by atoms with E-state index in [1.807, 2.05) is 60.8 Å². The summed E-state index contributed by atoms with van der Waals surface area (Å²) in [5.74, 6) is 0.323. The van der Waals surface area contributed by atoms with Crippen LogP contribution in [-0.4, -0.2) is 53.0 Å². The summed E-state index contributed by atoms with van der Waals surface area (Å²) in [6.45, 7) is 4.97. The van der Waals surface area contributed by atoms with Crippen LogP contribution in [0.4, 0.5) is 0 Å². The highest BCUT2D eigenvalue weighted by atomic mass is 16.5. The van der Waals surface area contributed by atoms with E-state index in [1.54, 1.807) is 18.2 Å². The summed E-state index contributed by atoms with van der Waals surface area (Å²) in [6.07, 6.45) is 5.51. The van der Waals surface area contributed by atoms with Gasteiger partial charge in [0.2, 0.25) is 0 Å². The van der Waals surface area contributed by atoms with Crippen molar-refractivity contribution in [3.05, 3.63) is 65.6 Å². The molecule has 2 aromatic heterocycles. The van der Waals surface area contributed by atoms with Crippen molar-refractivity contribution in [2.24, 2.45) is 5.41 Å². The molecule has 1 atom stereocenters. The molecule has 7 heteroatoms. The summed E-state index contributed by atoms with van der Waals surface area (Å²) >= 11 is 0. The van der Waals surface area contributed by atoms with Gasteiger partial charge in [0, 0.05) is 25.5 Å². The highest BCUT2D eigenvalue weighted by Crippen LogP contribution is 2.36. The Morgan fingerprint density at radius 1 is 1.22 bits per heavy atom. The Bertz CT molecular complexity index is 1140. The molecule has 168 valence electrons. The molecule has 1 fully saturated rings. The number of hydrogen-bond donors (Lipinski definition) is 0. The molecule has 7 nitrogen and oxygen atoms in total. The Labute approximate surface area is 188 Å². The number of amides is 1. The van der Waals surface area contributed by atoms with Crippen LogP contribution in [0.1, 0.15) is 41.4 Å². The van der Waals surface area contributed by atoms with Crippen LogP contribution in [0.15, 0.2) is 48.8 Å². The Morgan fingerprint density at radius 2 is 2.06 bits per heavy atom. The van der Waals surface area contributed by atoms with Gasteiger partial charge in [0.15, 0.2) is 0 Å². The molecule has 0 spiro atoms. The first-order valence-corrected chi connectivity index (χ1v) is 11.0. The van der Waals surface area contributed by atoms with Crippen molar-refractivity contribution in [3.8, 4) is 5.75 Å². The average Bonchev–Trinajstić information content (AvgIpc) is 3.25. The monoisotopic (exact) mass is 435 g/mol. The number of hydrogen-bond acceptors (Lipinski definition) is 5. The summed E-state index contributed by atoms with van der Waals surface area (Å²) in [4.78, 5) is 32.8. The zero-order valence-corrected chi connectivity index (χ0v) is 18.8. The Hall–Kier alpha value is -3.35. The Kier molecular flexibility index (Phi) is 6.17. The molecule has 1 aliphatic heterocycles. The number of carbonyl (C=O) groups excluding carboxylic acids is 2. The summed E-state index contributed by atoms with van der Waals surface area (Å²) in [5.41, 5.74) is 2.34. The molecule has 0 N–H and O–H groups in total. The van der Waals surface area contributed by atoms with Gasteiger partial charge >= 0.3 is 5.97 Å². The fourth-order valence-corrected chi connectivity index (χ4v) is 4.56. The van der Waals surface area contributed by atoms with Gasteiger partial charge in [-0.2, -0.15) is 0 Å². The van der Waals surface area contributed by atoms with E-state index in [0.717, 1.165) is 28.9 Å². The number of likely N-dealkylation sites (tertiary alicyclic amines) is 1. The van der Waals surface area contributed by atoms with E-state index in [2.05, 4.69) is 4.98 Å². The van der Waals surface area contributed by atoms with Gasteiger partial charge in [-0.05, 0) is 62.4 Å². The first kappa shape index (κ1) is 21.9. The third kappa shape index (κ3) is 4.20. The second-order valence-corrected chi connectivity index (χ2v) is 8.41. The summed E-state index contributed by atoms with van der Waals surface area (Å²) in [6, 6.07) is 11.6. The van der Waals surface area contributed by atoms with E-state index in [9.17, 15) is 9.59 Å². The maximum Gasteiger partial charge on any atom is 0.314 e. The third-order valence-corrected chi connectivity index (χ3v) is 6.15. The van der Waals surface area contributed by atoms with Crippen LogP contribution < -0.4 is 4.74 Å². The van der Waals surface area contributed by atoms with Crippen LogP contribution in [0.5, 0.6) is 5.75 Å². The number of nitrogens with zero attached hydrogens (tertiary/aromatic N) is 3. The number of aryl methyl sites for hydroxylation is 1. The van der Waals surface area contributed by atoms with Crippen molar-refractivity contribution >= 4 is 17.5 Å². The molecular weight excluding hydrogens is 406 g/mol. The van der Waals surface area contributed by atoms with E-state index in [-0.39, 0.29) is 11.9 Å². The molecule has 4 rings (SSSR count). The van der Waals surface area contributed by atoms with E-state index >= 15 is 0 Å². The minimum Gasteiger partial charge on any atom is -0.497 e. The number of pyridine rings is 1. The van der Waals surface area contributed by atoms with Crippen LogP contribution in [0.25, 0.3) is 5.65 Å². The fourth-order valence-electron chi connectivity index (χ4n) is 4.56. The number of aromatic nitrogens is 2. The van der Waals surface area contributed by atoms with Gasteiger partial charge in [-0.15, -0.1) is 0 Å². The highest BCUT2D eigenvalue weighted by Gasteiger charge is 2.45. The standard InChI is InChI=1S/C25H29N3O4/c1-4-32-24(30)25(15-19-9-5-10-20(14-19)31-3)11-7-13-28(17-25)23(29)21-16-27-12-6-8-18(2)22(27)26-21/h5-6,8-10,12,14,16H,4,7,11,13,15,17H2,1-3H3/t25-/m1/s1. The van der Waals surface area contributed by atoms with Crippen LogP contribution in [0.2, 0.25) is 0 Å². The van der Waals surface area contributed by atoms with Crippen molar-refractivity contribution in [2.45, 2.75) is 33.1 Å². The first-order valence-electron chi connectivity index (χ1n) is 11.0. The Balaban J connectivity index is 1.63. The van der Waals surface area contributed by atoms with Crippen molar-refractivity contribution in [3.63, 3.8) is 0 Å². The smallest absolute Gasteiger partial charge is 0.314 e. The number of benzene rings is 1. The zero-order chi connectivity index (χ0) is 22.7. The SMILES string of the molecule is CCOC(=O)[C@@]1(Cc2cccc(OC)c2)CCCN(C(=O)c2cn3cccc(C)c3n2)C1. The second-order valence-electron chi connectivity index (χ2n) is 8.41. The van der Waals surface area contributed by atoms with Crippen LogP contribution in [0.3, 0.4) is 0 Å². The average molecular weight is 436 g/mol. The molecular formula is C25H29N3O4. The van der Waals surface area contributed by atoms with Crippen molar-refractivity contribution < 1.29 is 19.1 Å². The predicted octanol–water partition coefficient (Wildman–Crippen LogP) is 3.68. The quantitative estimate of drug-likeness (QED) is 0.552. The number of methoxy groups -OCH3 is 1. The molecule has 1 amide bonds. The number of piperidine rings is 1. The molecule has 1 aromatic carbocycles. The van der Waals surface area contributed by atoms with Gasteiger partial charge in [0.1, 0.15) is 17.1 Å². The van der Waals surface area contributed by atoms with E-state index in [4.69, 9.17) is 9.47 Å². The first-order chi connectivity index (χ1) is 15.5. The van der Waals surface area contributed by atoms with Crippen LogP contribution in [-0.2, 0) is 16.0 Å². The normalized spacial score (nSPS) is 18.5. The van der Waals surface area contributed by atoms with Gasteiger partial charge in [0.25, 0.3) is 5.91 Å². The molecule has 0 aliphatic carbocycles. The van der Waals surface area contributed by atoms with Gasteiger partial charge in [-0.1, -0.05) is 18.2 Å². The number of ether oxygens (including phenoxy) is 2. The molecule has 1 aliphatic rings. The number of carbonyl (C=O) groups is 2. The third-order valence-electron chi connectivity index (χ3n) is 6.15. The van der Waals surface area contributed by atoms with Crippen molar-refractivity contribution in [1.82, 2.24) is 14.3 Å². The van der Waals surface area contributed by atoms with Crippen molar-refractivity contribution in [1.29, 1.82) is 0 Å². The summed E-state index contributed by atoms with van der Waals surface area (Å²) < 4.78 is 12.7. The molecule has 0 bridgehead atoms. The van der Waals surface area contributed by atoms with Crippen molar-refractivity contribution in [2.75, 3.05) is 26.8 Å². The zero-order valence-electron chi connectivity index (χ0n) is 18.8. The lowest BCUT2D eigenvalue weighted by Gasteiger charge is -2.41. The molecule has 0 unspecified atom stereocenters. The number of imidazole rings is 1. The van der Waals surface area contributed by atoms with Gasteiger partial charge in [-0.25, -0.2) is 4.98 Å². The highest BCUT2D eigenvalue weighted by molar-refractivity contribution is 5.93. The van der Waals surface area contributed by atoms with Crippen LogP contribution in [0, 0.1) is 12.3 Å². The molecule has 32 heavy (non-hydrogen) atoms. The van der Waals surface area contributed by atoms with Gasteiger partial charge < -0.3 is 18.8 Å². The lowest BCUT2D eigenvalue weighted by Crippen LogP contribution is -2.51. The lowest BCUT2D eigenvalue weighted by molar-refractivity contribution is -0.158. The topological polar surface area (TPSA) is 73.1 Å². The molecule has 3 aromatic rings. The second kappa shape index (κ2) is 9.02. The molecule has 3 heterocycles. The van der Waals surface area contributed by atoms with E-state index in [1.165, 1.54) is 0 Å². The molecule has 1 saturated heterocycles. The number of esters is 1. The fraction of sp³-hybridized carbons (Fsp3) is 0.400. The minimum atomic E-state index is -0.800.